The molecule has 1 aromatic carbocycles. The fourth-order valence-corrected chi connectivity index (χ4v) is 2.53. The van der Waals surface area contributed by atoms with Crippen LogP contribution in [0.1, 0.15) is 13.8 Å². The zero-order valence-electron chi connectivity index (χ0n) is 11.7. The van der Waals surface area contributed by atoms with E-state index in [0.29, 0.717) is 29.5 Å². The summed E-state index contributed by atoms with van der Waals surface area (Å²) in [5.74, 6) is 0.195. The van der Waals surface area contributed by atoms with Crippen LogP contribution >= 0.6 is 24.0 Å². The van der Waals surface area contributed by atoms with Crippen LogP contribution in [0.4, 0.5) is 4.39 Å². The molecule has 1 fully saturated rings. The van der Waals surface area contributed by atoms with Gasteiger partial charge in [-0.1, -0.05) is 11.6 Å². The van der Waals surface area contributed by atoms with E-state index in [1.165, 1.54) is 12.1 Å². The second kappa shape index (κ2) is 8.03. The monoisotopic (exact) mass is 322 g/mol. The Bertz CT molecular complexity index is 434. The lowest BCUT2D eigenvalue weighted by Gasteiger charge is -2.38. The summed E-state index contributed by atoms with van der Waals surface area (Å²) < 4.78 is 18.5. The first-order valence-electron chi connectivity index (χ1n) is 6.63. The quantitative estimate of drug-likeness (QED) is 0.922. The molecule has 2 unspecified atom stereocenters. The van der Waals surface area contributed by atoms with Crippen LogP contribution in [0.3, 0.4) is 0 Å². The largest absolute Gasteiger partial charge is 0.491 e. The summed E-state index contributed by atoms with van der Waals surface area (Å²) in [6.45, 7) is 7.83. The van der Waals surface area contributed by atoms with Gasteiger partial charge in [0.25, 0.3) is 0 Å². The van der Waals surface area contributed by atoms with E-state index in [1.807, 2.05) is 0 Å². The van der Waals surface area contributed by atoms with Gasteiger partial charge in [-0.2, -0.15) is 0 Å². The number of hydrogen-bond donors (Lipinski definition) is 1. The normalized spacial score (nSPS) is 23.2. The Balaban J connectivity index is 0.00000200. The molecular weight excluding hydrogens is 302 g/mol. The standard InChI is InChI=1S/C14H20ClFN2O.ClH/c1-10-11(2)18(6-5-17-10)7-8-19-14-4-3-12(16)9-13(14)15;/h3-4,9-11,17H,5-8H2,1-2H3;1H. The first kappa shape index (κ1) is 17.5. The van der Waals surface area contributed by atoms with E-state index in [1.54, 1.807) is 6.07 Å². The predicted octanol–water partition coefficient (Wildman–Crippen LogP) is 2.96. The smallest absolute Gasteiger partial charge is 0.138 e. The summed E-state index contributed by atoms with van der Waals surface area (Å²) in [6, 6.07) is 5.18. The topological polar surface area (TPSA) is 24.5 Å². The van der Waals surface area contributed by atoms with Gasteiger partial charge in [0.15, 0.2) is 0 Å². The SMILES string of the molecule is CC1NCCN(CCOc2ccc(F)cc2Cl)C1C.Cl. The molecule has 3 nitrogen and oxygen atoms in total. The van der Waals surface area contributed by atoms with Crippen LogP contribution in [0.5, 0.6) is 5.75 Å². The summed E-state index contributed by atoms with van der Waals surface area (Å²) in [4.78, 5) is 2.39. The number of nitrogens with zero attached hydrogens (tertiary/aromatic N) is 1. The van der Waals surface area contributed by atoms with Crippen LogP contribution in [-0.4, -0.2) is 43.2 Å². The number of halogens is 3. The Hall–Kier alpha value is -0.550. The van der Waals surface area contributed by atoms with Gasteiger partial charge in [0.05, 0.1) is 5.02 Å². The molecule has 0 bridgehead atoms. The highest BCUT2D eigenvalue weighted by Crippen LogP contribution is 2.24. The van der Waals surface area contributed by atoms with Crippen LogP contribution < -0.4 is 10.1 Å². The molecule has 1 aliphatic heterocycles. The first-order valence-corrected chi connectivity index (χ1v) is 7.01. The van der Waals surface area contributed by atoms with Crippen LogP contribution in [0.25, 0.3) is 0 Å². The van der Waals surface area contributed by atoms with Crippen molar-refractivity contribution in [2.45, 2.75) is 25.9 Å². The second-order valence-electron chi connectivity index (χ2n) is 4.94. The van der Waals surface area contributed by atoms with Crippen LogP contribution in [0, 0.1) is 5.82 Å². The maximum absolute atomic E-state index is 12.9. The van der Waals surface area contributed by atoms with Gasteiger partial charge in [-0.05, 0) is 32.0 Å². The molecule has 0 amide bonds. The van der Waals surface area contributed by atoms with E-state index < -0.39 is 0 Å². The first-order chi connectivity index (χ1) is 9.08. The van der Waals surface area contributed by atoms with Crippen molar-refractivity contribution in [1.82, 2.24) is 10.2 Å². The van der Waals surface area contributed by atoms with Crippen molar-refractivity contribution in [2.75, 3.05) is 26.2 Å². The molecule has 2 atom stereocenters. The van der Waals surface area contributed by atoms with E-state index in [0.717, 1.165) is 19.6 Å². The van der Waals surface area contributed by atoms with Gasteiger partial charge < -0.3 is 10.1 Å². The highest BCUT2D eigenvalue weighted by molar-refractivity contribution is 6.32. The molecule has 1 aliphatic rings. The molecule has 0 aliphatic carbocycles. The van der Waals surface area contributed by atoms with Crippen LogP contribution in [0.15, 0.2) is 18.2 Å². The average molecular weight is 323 g/mol. The molecule has 2 rings (SSSR count). The van der Waals surface area contributed by atoms with E-state index >= 15 is 0 Å². The van der Waals surface area contributed by atoms with E-state index in [9.17, 15) is 4.39 Å². The molecule has 6 heteroatoms. The third-order valence-corrected chi connectivity index (χ3v) is 3.99. The number of piperazine rings is 1. The van der Waals surface area contributed by atoms with Crippen molar-refractivity contribution in [3.8, 4) is 5.75 Å². The summed E-state index contributed by atoms with van der Waals surface area (Å²) in [5.41, 5.74) is 0. The molecular formula is C14H21Cl2FN2O. The second-order valence-corrected chi connectivity index (χ2v) is 5.35. The summed E-state index contributed by atoms with van der Waals surface area (Å²) >= 11 is 5.91. The fraction of sp³-hybridized carbons (Fsp3) is 0.571. The summed E-state index contributed by atoms with van der Waals surface area (Å²) in [7, 11) is 0. The van der Waals surface area contributed by atoms with Gasteiger partial charge in [0.1, 0.15) is 18.2 Å². The molecule has 1 saturated heterocycles. The third-order valence-electron chi connectivity index (χ3n) is 3.69. The minimum absolute atomic E-state index is 0. The van der Waals surface area contributed by atoms with Crippen molar-refractivity contribution in [3.05, 3.63) is 29.0 Å². The highest BCUT2D eigenvalue weighted by Gasteiger charge is 2.23. The Morgan fingerprint density at radius 2 is 2.20 bits per heavy atom. The van der Waals surface area contributed by atoms with Crippen molar-refractivity contribution >= 4 is 24.0 Å². The Kier molecular flexibility index (Phi) is 7.03. The van der Waals surface area contributed by atoms with E-state index in [-0.39, 0.29) is 18.2 Å². The van der Waals surface area contributed by atoms with Gasteiger partial charge in [0, 0.05) is 31.7 Å². The van der Waals surface area contributed by atoms with Gasteiger partial charge in [0.2, 0.25) is 0 Å². The van der Waals surface area contributed by atoms with Gasteiger partial charge in [-0.3, -0.25) is 4.90 Å². The van der Waals surface area contributed by atoms with Gasteiger partial charge in [-0.25, -0.2) is 4.39 Å². The zero-order valence-corrected chi connectivity index (χ0v) is 13.3. The number of benzene rings is 1. The zero-order chi connectivity index (χ0) is 13.8. The van der Waals surface area contributed by atoms with E-state index in [4.69, 9.17) is 16.3 Å². The maximum Gasteiger partial charge on any atom is 0.138 e. The molecule has 1 aromatic rings. The van der Waals surface area contributed by atoms with Gasteiger partial charge >= 0.3 is 0 Å². The lowest BCUT2D eigenvalue weighted by atomic mass is 10.1. The molecule has 1 heterocycles. The van der Waals surface area contributed by atoms with Gasteiger partial charge in [-0.15, -0.1) is 12.4 Å². The number of ether oxygens (including phenoxy) is 1. The van der Waals surface area contributed by atoms with Crippen molar-refractivity contribution in [2.24, 2.45) is 0 Å². The molecule has 1 N–H and O–H groups in total. The summed E-state index contributed by atoms with van der Waals surface area (Å²) in [5, 5.41) is 3.76. The lowest BCUT2D eigenvalue weighted by molar-refractivity contribution is 0.116. The Morgan fingerprint density at radius 1 is 1.45 bits per heavy atom. The number of hydrogen-bond acceptors (Lipinski definition) is 3. The van der Waals surface area contributed by atoms with Crippen molar-refractivity contribution in [3.63, 3.8) is 0 Å². The number of rotatable bonds is 4. The summed E-state index contributed by atoms with van der Waals surface area (Å²) in [6.07, 6.45) is 0. The van der Waals surface area contributed by atoms with E-state index in [2.05, 4.69) is 24.1 Å². The highest BCUT2D eigenvalue weighted by atomic mass is 35.5. The average Bonchev–Trinajstić information content (AvgIpc) is 2.37. The Morgan fingerprint density at radius 3 is 2.90 bits per heavy atom. The molecule has 114 valence electrons. The van der Waals surface area contributed by atoms with Crippen LogP contribution in [0.2, 0.25) is 5.02 Å². The van der Waals surface area contributed by atoms with Crippen LogP contribution in [-0.2, 0) is 0 Å². The molecule has 0 spiro atoms. The Labute approximate surface area is 130 Å². The van der Waals surface area contributed by atoms with Crippen molar-refractivity contribution < 1.29 is 9.13 Å². The predicted molar refractivity (Wildman–Crippen MR) is 82.7 cm³/mol. The lowest BCUT2D eigenvalue weighted by Crippen LogP contribution is -2.56. The maximum atomic E-state index is 12.9. The number of nitrogens with one attached hydrogen (secondary N) is 1. The van der Waals surface area contributed by atoms with Crippen molar-refractivity contribution in [1.29, 1.82) is 0 Å². The minimum Gasteiger partial charge on any atom is -0.491 e. The fourth-order valence-electron chi connectivity index (χ4n) is 2.31. The molecule has 0 radical (unpaired) electrons. The molecule has 0 saturated carbocycles. The minimum atomic E-state index is -0.345. The molecule has 0 aromatic heterocycles. The molecule has 20 heavy (non-hydrogen) atoms. The third kappa shape index (κ3) is 4.48.